The number of rotatable bonds is 4. The van der Waals surface area contributed by atoms with Crippen LogP contribution in [0.2, 0.25) is 0 Å². The predicted molar refractivity (Wildman–Crippen MR) is 98.6 cm³/mol. The number of aromatic nitrogens is 2. The number of aryl methyl sites for hydroxylation is 1. The molecule has 1 aromatic carbocycles. The van der Waals surface area contributed by atoms with Crippen molar-refractivity contribution in [2.24, 2.45) is 0 Å². The maximum Gasteiger partial charge on any atom is 0.289 e. The molecule has 0 spiro atoms. The largest absolute Gasteiger partial charge is 0.497 e. The van der Waals surface area contributed by atoms with Crippen molar-refractivity contribution in [2.45, 2.75) is 20.5 Å². The van der Waals surface area contributed by atoms with Crippen LogP contribution in [0.3, 0.4) is 0 Å². The number of ether oxygens (including phenoxy) is 1. The summed E-state index contributed by atoms with van der Waals surface area (Å²) in [5.41, 5.74) is 2.50. The lowest BCUT2D eigenvalue weighted by molar-refractivity contribution is -0.924. The van der Waals surface area contributed by atoms with Gasteiger partial charge in [-0.15, -0.1) is 0 Å². The molecule has 0 bridgehead atoms. The number of anilines is 1. The Balaban J connectivity index is 1.67. The van der Waals surface area contributed by atoms with Crippen molar-refractivity contribution in [1.82, 2.24) is 9.78 Å². The van der Waals surface area contributed by atoms with E-state index in [1.54, 1.807) is 14.0 Å². The lowest BCUT2D eigenvalue weighted by Gasteiger charge is -2.33. The van der Waals surface area contributed by atoms with Crippen LogP contribution >= 0.6 is 0 Å². The van der Waals surface area contributed by atoms with Crippen molar-refractivity contribution in [3.8, 4) is 11.8 Å². The standard InChI is InChI=1S/C19H23N5O2/c1-14-15(2)21-24(19(25)18(14)12-20)13-22-8-10-23(11-9-22)16-4-6-17(26-3)7-5-16/h4-7H,8-11,13H2,1-3H3/p+1. The van der Waals surface area contributed by atoms with E-state index in [1.807, 2.05) is 25.1 Å². The number of methoxy groups -OCH3 is 1. The van der Waals surface area contributed by atoms with Gasteiger partial charge in [0.05, 0.1) is 39.0 Å². The molecule has 1 fully saturated rings. The van der Waals surface area contributed by atoms with E-state index in [1.165, 1.54) is 15.3 Å². The minimum absolute atomic E-state index is 0.203. The molecule has 0 atom stereocenters. The Morgan fingerprint density at radius 3 is 2.46 bits per heavy atom. The number of quaternary nitrogens is 1. The molecule has 1 aromatic heterocycles. The van der Waals surface area contributed by atoms with Crippen molar-refractivity contribution in [3.63, 3.8) is 0 Å². The van der Waals surface area contributed by atoms with E-state index in [-0.39, 0.29) is 11.1 Å². The summed E-state index contributed by atoms with van der Waals surface area (Å²) in [6.45, 7) is 7.74. The smallest absolute Gasteiger partial charge is 0.289 e. The minimum atomic E-state index is -0.291. The highest BCUT2D eigenvalue weighted by atomic mass is 16.5. The number of nitriles is 1. The second-order valence-electron chi connectivity index (χ2n) is 6.60. The van der Waals surface area contributed by atoms with E-state index < -0.39 is 0 Å². The van der Waals surface area contributed by atoms with Gasteiger partial charge in [0.15, 0.2) is 6.67 Å². The topological polar surface area (TPSA) is 75.6 Å². The Hall–Kier alpha value is -2.85. The SMILES string of the molecule is COc1ccc(N2CC[NH+](Cn3nc(C)c(C)c(C#N)c3=O)CC2)cc1. The number of piperazine rings is 1. The van der Waals surface area contributed by atoms with Gasteiger partial charge in [-0.1, -0.05) is 0 Å². The molecule has 3 rings (SSSR count). The van der Waals surface area contributed by atoms with Crippen molar-refractivity contribution >= 4 is 5.69 Å². The Morgan fingerprint density at radius 1 is 1.23 bits per heavy atom. The summed E-state index contributed by atoms with van der Waals surface area (Å²) in [6.07, 6.45) is 0. The van der Waals surface area contributed by atoms with Gasteiger partial charge in [0.25, 0.3) is 5.56 Å². The van der Waals surface area contributed by atoms with Gasteiger partial charge in [0.1, 0.15) is 17.4 Å². The fraction of sp³-hybridized carbons (Fsp3) is 0.421. The molecule has 26 heavy (non-hydrogen) atoms. The molecule has 0 unspecified atom stereocenters. The van der Waals surface area contributed by atoms with Gasteiger partial charge in [-0.3, -0.25) is 4.79 Å². The Labute approximate surface area is 153 Å². The molecule has 7 nitrogen and oxygen atoms in total. The molecule has 1 N–H and O–H groups in total. The van der Waals surface area contributed by atoms with Crippen LogP contribution in [0.4, 0.5) is 5.69 Å². The zero-order valence-electron chi connectivity index (χ0n) is 15.5. The third-order valence-corrected chi connectivity index (χ3v) is 5.03. The second-order valence-corrected chi connectivity index (χ2v) is 6.60. The molecular formula is C19H24N5O2+. The van der Waals surface area contributed by atoms with Gasteiger partial charge in [0.2, 0.25) is 0 Å². The van der Waals surface area contributed by atoms with Crippen LogP contribution in [0.25, 0.3) is 0 Å². The van der Waals surface area contributed by atoms with Crippen LogP contribution in [0.1, 0.15) is 16.8 Å². The fourth-order valence-electron chi connectivity index (χ4n) is 3.25. The summed E-state index contributed by atoms with van der Waals surface area (Å²) in [5, 5.41) is 13.6. The predicted octanol–water partition coefficient (Wildman–Crippen LogP) is 0.103. The monoisotopic (exact) mass is 354 g/mol. The molecule has 136 valence electrons. The van der Waals surface area contributed by atoms with Crippen LogP contribution < -0.4 is 20.1 Å². The van der Waals surface area contributed by atoms with Crippen molar-refractivity contribution in [3.05, 3.63) is 51.4 Å². The summed E-state index contributed by atoms with van der Waals surface area (Å²) in [7, 11) is 1.66. The lowest BCUT2D eigenvalue weighted by atomic mass is 10.1. The van der Waals surface area contributed by atoms with E-state index in [0.29, 0.717) is 12.2 Å². The van der Waals surface area contributed by atoms with Gasteiger partial charge in [-0.2, -0.15) is 15.0 Å². The normalized spacial score (nSPS) is 14.9. The number of hydrogen-bond acceptors (Lipinski definition) is 5. The Morgan fingerprint density at radius 2 is 1.88 bits per heavy atom. The number of nitrogens with one attached hydrogen (secondary N) is 1. The number of benzene rings is 1. The van der Waals surface area contributed by atoms with Crippen molar-refractivity contribution < 1.29 is 9.64 Å². The van der Waals surface area contributed by atoms with Gasteiger partial charge in [-0.05, 0) is 43.7 Å². The van der Waals surface area contributed by atoms with Gasteiger partial charge in [0, 0.05) is 5.69 Å². The molecule has 0 radical (unpaired) electrons. The van der Waals surface area contributed by atoms with E-state index in [4.69, 9.17) is 4.74 Å². The van der Waals surface area contributed by atoms with Crippen LogP contribution in [0.15, 0.2) is 29.1 Å². The zero-order chi connectivity index (χ0) is 18.7. The Bertz CT molecular complexity index is 875. The van der Waals surface area contributed by atoms with E-state index in [2.05, 4.69) is 22.1 Å². The quantitative estimate of drug-likeness (QED) is 0.843. The first-order valence-electron chi connectivity index (χ1n) is 8.74. The molecule has 0 saturated carbocycles. The summed E-state index contributed by atoms with van der Waals surface area (Å²) in [5.74, 6) is 0.853. The van der Waals surface area contributed by atoms with E-state index in [0.717, 1.165) is 37.6 Å². The maximum absolute atomic E-state index is 12.4. The minimum Gasteiger partial charge on any atom is -0.497 e. The number of nitrogens with zero attached hydrogens (tertiary/aromatic N) is 4. The summed E-state index contributed by atoms with van der Waals surface area (Å²) in [4.78, 5) is 16.1. The summed E-state index contributed by atoms with van der Waals surface area (Å²) in [6, 6.07) is 10.1. The van der Waals surface area contributed by atoms with Crippen molar-refractivity contribution in [1.29, 1.82) is 5.26 Å². The van der Waals surface area contributed by atoms with Gasteiger partial charge < -0.3 is 14.5 Å². The molecular weight excluding hydrogens is 330 g/mol. The first-order chi connectivity index (χ1) is 12.5. The van der Waals surface area contributed by atoms with Crippen LogP contribution in [0, 0.1) is 25.2 Å². The first-order valence-corrected chi connectivity index (χ1v) is 8.74. The van der Waals surface area contributed by atoms with Crippen LogP contribution in [-0.2, 0) is 6.67 Å². The highest BCUT2D eigenvalue weighted by Crippen LogP contribution is 2.18. The molecule has 2 heterocycles. The molecule has 1 aliphatic heterocycles. The molecule has 1 aliphatic rings. The first kappa shape index (κ1) is 18.0. The molecule has 2 aromatic rings. The van der Waals surface area contributed by atoms with Gasteiger partial charge in [-0.25, -0.2) is 0 Å². The second kappa shape index (κ2) is 7.58. The van der Waals surface area contributed by atoms with Gasteiger partial charge >= 0.3 is 0 Å². The summed E-state index contributed by atoms with van der Waals surface area (Å²) < 4.78 is 6.65. The molecule has 0 aliphatic carbocycles. The fourth-order valence-corrected chi connectivity index (χ4v) is 3.25. The summed E-state index contributed by atoms with van der Waals surface area (Å²) >= 11 is 0. The zero-order valence-corrected chi connectivity index (χ0v) is 15.5. The van der Waals surface area contributed by atoms with E-state index in [9.17, 15) is 10.1 Å². The number of hydrogen-bond donors (Lipinski definition) is 1. The third-order valence-electron chi connectivity index (χ3n) is 5.03. The van der Waals surface area contributed by atoms with Crippen molar-refractivity contribution in [2.75, 3.05) is 38.2 Å². The lowest BCUT2D eigenvalue weighted by Crippen LogP contribution is -3.14. The highest BCUT2D eigenvalue weighted by molar-refractivity contribution is 5.49. The van der Waals surface area contributed by atoms with Crippen LogP contribution in [0.5, 0.6) is 5.75 Å². The maximum atomic E-state index is 12.4. The molecule has 1 saturated heterocycles. The Kier molecular flexibility index (Phi) is 5.24. The van der Waals surface area contributed by atoms with Crippen LogP contribution in [-0.4, -0.2) is 43.1 Å². The highest BCUT2D eigenvalue weighted by Gasteiger charge is 2.22. The van der Waals surface area contributed by atoms with E-state index >= 15 is 0 Å². The third kappa shape index (κ3) is 3.55. The molecule has 7 heteroatoms. The molecule has 0 amide bonds. The average Bonchev–Trinajstić information content (AvgIpc) is 2.67. The average molecular weight is 354 g/mol.